The maximum atomic E-state index is 12.6. The number of aromatic nitrogens is 3. The Kier molecular flexibility index (Phi) is 5.54. The van der Waals surface area contributed by atoms with Crippen molar-refractivity contribution in [3.8, 4) is 0 Å². The van der Waals surface area contributed by atoms with E-state index >= 15 is 0 Å². The molecule has 2 heterocycles. The molecule has 6 nitrogen and oxygen atoms in total. The number of carbonyl (C=O) groups excluding carboxylic acids is 1. The second kappa shape index (κ2) is 7.64. The number of nitrogens with zero attached hydrogens (tertiary/aromatic N) is 4. The van der Waals surface area contributed by atoms with Crippen LogP contribution in [0, 0.1) is 19.8 Å². The summed E-state index contributed by atoms with van der Waals surface area (Å²) in [7, 11) is 0. The Labute approximate surface area is 144 Å². The molecule has 1 aliphatic carbocycles. The molecule has 0 radical (unpaired) electrons. The first-order valence-electron chi connectivity index (χ1n) is 9.33. The Morgan fingerprint density at radius 1 is 1.21 bits per heavy atom. The second-order valence-corrected chi connectivity index (χ2v) is 7.40. The molecule has 134 valence electrons. The summed E-state index contributed by atoms with van der Waals surface area (Å²) >= 11 is 0. The summed E-state index contributed by atoms with van der Waals surface area (Å²) < 4.78 is 7.94. The fourth-order valence-corrected chi connectivity index (χ4v) is 4.06. The Hall–Kier alpha value is -1.43. The maximum absolute atomic E-state index is 12.6. The van der Waals surface area contributed by atoms with E-state index in [0.29, 0.717) is 12.5 Å². The van der Waals surface area contributed by atoms with Crippen LogP contribution < -0.4 is 0 Å². The number of aryl methyl sites for hydroxylation is 2. The molecule has 1 saturated carbocycles. The minimum absolute atomic E-state index is 0.118. The smallest absolute Gasteiger partial charge is 0.248 e. The molecule has 1 saturated heterocycles. The lowest BCUT2D eigenvalue weighted by Gasteiger charge is -2.34. The SMILES string of the molecule is Cc1nc(C)n([C@@H]2CCCN(C(=O)CO[C@@H]3CCCC[C@@H]3C)C2)n1. The van der Waals surface area contributed by atoms with Crippen molar-refractivity contribution < 1.29 is 9.53 Å². The standard InChI is InChI=1S/C18H30N4O2/c1-13-7-4-5-9-17(13)24-12-18(23)21-10-6-8-16(11-21)22-15(3)19-14(2)20-22/h13,16-17H,4-12H2,1-3H3/t13-,16+,17+/m0/s1. The van der Waals surface area contributed by atoms with Crippen molar-refractivity contribution >= 4 is 5.91 Å². The van der Waals surface area contributed by atoms with Gasteiger partial charge in [0.25, 0.3) is 0 Å². The van der Waals surface area contributed by atoms with Gasteiger partial charge >= 0.3 is 0 Å². The summed E-state index contributed by atoms with van der Waals surface area (Å²) in [6.45, 7) is 7.89. The minimum atomic E-state index is 0.118. The van der Waals surface area contributed by atoms with Crippen molar-refractivity contribution in [3.05, 3.63) is 11.6 Å². The van der Waals surface area contributed by atoms with Crippen molar-refractivity contribution in [2.24, 2.45) is 5.92 Å². The minimum Gasteiger partial charge on any atom is -0.368 e. The first-order valence-corrected chi connectivity index (χ1v) is 9.33. The lowest BCUT2D eigenvalue weighted by atomic mass is 9.88. The first kappa shape index (κ1) is 17.4. The van der Waals surface area contributed by atoms with Crippen LogP contribution in [0.3, 0.4) is 0 Å². The summed E-state index contributed by atoms with van der Waals surface area (Å²) in [5.74, 6) is 2.41. The van der Waals surface area contributed by atoms with E-state index in [1.807, 2.05) is 23.4 Å². The van der Waals surface area contributed by atoms with Gasteiger partial charge in [0, 0.05) is 13.1 Å². The number of carbonyl (C=O) groups is 1. The van der Waals surface area contributed by atoms with Gasteiger partial charge in [0.1, 0.15) is 18.3 Å². The topological polar surface area (TPSA) is 60.2 Å². The van der Waals surface area contributed by atoms with Crippen molar-refractivity contribution in [2.45, 2.75) is 71.4 Å². The molecule has 0 spiro atoms. The molecule has 0 bridgehead atoms. The molecule has 3 atom stereocenters. The van der Waals surface area contributed by atoms with Gasteiger partial charge in [0.05, 0.1) is 12.1 Å². The molecular formula is C18H30N4O2. The van der Waals surface area contributed by atoms with E-state index in [0.717, 1.165) is 37.5 Å². The van der Waals surface area contributed by atoms with Crippen LogP contribution in [0.2, 0.25) is 0 Å². The van der Waals surface area contributed by atoms with E-state index in [1.54, 1.807) is 0 Å². The van der Waals surface area contributed by atoms with Crippen molar-refractivity contribution in [1.82, 2.24) is 19.7 Å². The fraction of sp³-hybridized carbons (Fsp3) is 0.833. The fourth-order valence-electron chi connectivity index (χ4n) is 4.06. The van der Waals surface area contributed by atoms with Crippen LogP contribution in [0.4, 0.5) is 0 Å². The largest absolute Gasteiger partial charge is 0.368 e. The molecule has 1 amide bonds. The molecule has 0 N–H and O–H groups in total. The molecule has 0 aromatic carbocycles. The highest BCUT2D eigenvalue weighted by molar-refractivity contribution is 5.77. The lowest BCUT2D eigenvalue weighted by Crippen LogP contribution is -2.43. The third-order valence-corrected chi connectivity index (χ3v) is 5.46. The van der Waals surface area contributed by atoms with Gasteiger partial charge in [0.2, 0.25) is 5.91 Å². The van der Waals surface area contributed by atoms with E-state index in [-0.39, 0.29) is 24.7 Å². The molecule has 6 heteroatoms. The normalized spacial score (nSPS) is 28.1. The average molecular weight is 334 g/mol. The van der Waals surface area contributed by atoms with Crippen LogP contribution in [-0.2, 0) is 9.53 Å². The number of ether oxygens (including phenoxy) is 1. The molecule has 24 heavy (non-hydrogen) atoms. The molecule has 1 aromatic rings. The van der Waals surface area contributed by atoms with E-state index < -0.39 is 0 Å². The van der Waals surface area contributed by atoms with Crippen LogP contribution in [0.25, 0.3) is 0 Å². The summed E-state index contributed by atoms with van der Waals surface area (Å²) in [6, 6.07) is 0.234. The van der Waals surface area contributed by atoms with E-state index in [4.69, 9.17) is 4.74 Å². The highest BCUT2D eigenvalue weighted by atomic mass is 16.5. The number of rotatable bonds is 4. The third-order valence-electron chi connectivity index (χ3n) is 5.46. The predicted octanol–water partition coefficient (Wildman–Crippen LogP) is 2.65. The molecule has 3 rings (SSSR count). The Morgan fingerprint density at radius 2 is 2.00 bits per heavy atom. The van der Waals surface area contributed by atoms with Gasteiger partial charge in [-0.3, -0.25) is 4.79 Å². The van der Waals surface area contributed by atoms with Crippen molar-refractivity contribution in [2.75, 3.05) is 19.7 Å². The molecule has 2 fully saturated rings. The number of amides is 1. The van der Waals surface area contributed by atoms with Gasteiger partial charge < -0.3 is 9.64 Å². The monoisotopic (exact) mass is 334 g/mol. The van der Waals surface area contributed by atoms with E-state index in [2.05, 4.69) is 17.0 Å². The summed E-state index contributed by atoms with van der Waals surface area (Å²) in [5, 5.41) is 4.49. The molecule has 2 aliphatic rings. The quantitative estimate of drug-likeness (QED) is 0.849. The highest BCUT2D eigenvalue weighted by Gasteiger charge is 2.28. The summed E-state index contributed by atoms with van der Waals surface area (Å²) in [4.78, 5) is 18.9. The van der Waals surface area contributed by atoms with Crippen LogP contribution >= 0.6 is 0 Å². The maximum Gasteiger partial charge on any atom is 0.248 e. The third kappa shape index (κ3) is 3.97. The van der Waals surface area contributed by atoms with Gasteiger partial charge in [-0.25, -0.2) is 9.67 Å². The van der Waals surface area contributed by atoms with Crippen molar-refractivity contribution in [3.63, 3.8) is 0 Å². The number of likely N-dealkylation sites (tertiary alicyclic amines) is 1. The van der Waals surface area contributed by atoms with Gasteiger partial charge in [-0.1, -0.05) is 19.8 Å². The van der Waals surface area contributed by atoms with Crippen LogP contribution in [0.5, 0.6) is 0 Å². The van der Waals surface area contributed by atoms with Crippen LogP contribution in [0.15, 0.2) is 0 Å². The zero-order chi connectivity index (χ0) is 17.1. The Bertz CT molecular complexity index is 571. The lowest BCUT2D eigenvalue weighted by molar-refractivity contribution is -0.141. The zero-order valence-corrected chi connectivity index (χ0v) is 15.2. The number of hydrogen-bond donors (Lipinski definition) is 0. The average Bonchev–Trinajstić information content (AvgIpc) is 2.92. The predicted molar refractivity (Wildman–Crippen MR) is 91.7 cm³/mol. The molecular weight excluding hydrogens is 304 g/mol. The van der Waals surface area contributed by atoms with E-state index in [9.17, 15) is 4.79 Å². The van der Waals surface area contributed by atoms with Gasteiger partial charge in [-0.2, -0.15) is 5.10 Å². The number of hydrogen-bond acceptors (Lipinski definition) is 4. The zero-order valence-electron chi connectivity index (χ0n) is 15.2. The Morgan fingerprint density at radius 3 is 2.71 bits per heavy atom. The second-order valence-electron chi connectivity index (χ2n) is 7.40. The first-order chi connectivity index (χ1) is 11.5. The van der Waals surface area contributed by atoms with Gasteiger partial charge in [0.15, 0.2) is 0 Å². The van der Waals surface area contributed by atoms with Crippen LogP contribution in [-0.4, -0.2) is 51.4 Å². The van der Waals surface area contributed by atoms with Crippen molar-refractivity contribution in [1.29, 1.82) is 0 Å². The van der Waals surface area contributed by atoms with Gasteiger partial charge in [-0.15, -0.1) is 0 Å². The number of piperidine rings is 1. The van der Waals surface area contributed by atoms with Crippen LogP contribution in [0.1, 0.15) is 63.1 Å². The highest BCUT2D eigenvalue weighted by Crippen LogP contribution is 2.27. The van der Waals surface area contributed by atoms with Gasteiger partial charge in [-0.05, 0) is 45.4 Å². The van der Waals surface area contributed by atoms with E-state index in [1.165, 1.54) is 19.3 Å². The summed E-state index contributed by atoms with van der Waals surface area (Å²) in [6.07, 6.45) is 7.13. The molecule has 1 aliphatic heterocycles. The molecule has 1 aromatic heterocycles. The Balaban J connectivity index is 1.54. The summed E-state index contributed by atoms with van der Waals surface area (Å²) in [5.41, 5.74) is 0. The molecule has 0 unspecified atom stereocenters.